The molecule has 0 bridgehead atoms. The summed E-state index contributed by atoms with van der Waals surface area (Å²) in [5.74, 6) is -1.59. The Balaban J connectivity index is 2.42. The number of aromatic nitrogens is 1. The zero-order valence-corrected chi connectivity index (χ0v) is 10.8. The third-order valence-corrected chi connectivity index (χ3v) is 3.41. The van der Waals surface area contributed by atoms with Crippen LogP contribution in [0.2, 0.25) is 0 Å². The molecule has 1 aromatic carbocycles. The minimum Gasteiger partial charge on any atom is -0.205 e. The van der Waals surface area contributed by atoms with Gasteiger partial charge >= 0.3 is 0 Å². The minimum atomic E-state index is -0.807. The summed E-state index contributed by atoms with van der Waals surface area (Å²) in [4.78, 5) is 0. The van der Waals surface area contributed by atoms with Gasteiger partial charge in [0.2, 0.25) is 5.69 Å². The second-order valence-electron chi connectivity index (χ2n) is 4.78. The summed E-state index contributed by atoms with van der Waals surface area (Å²) in [6, 6.07) is 6.59. The highest BCUT2D eigenvalue weighted by atomic mass is 19.1. The van der Waals surface area contributed by atoms with Gasteiger partial charge in [-0.25, -0.2) is 8.78 Å². The van der Waals surface area contributed by atoms with Crippen LogP contribution in [-0.2, 0) is 6.42 Å². The van der Waals surface area contributed by atoms with Crippen molar-refractivity contribution < 1.29 is 13.3 Å². The van der Waals surface area contributed by atoms with Crippen LogP contribution in [0, 0.1) is 29.9 Å². The number of fused-ring (bicyclic) bond motifs is 3. The van der Waals surface area contributed by atoms with Crippen LogP contribution < -0.4 is 4.57 Å². The minimum absolute atomic E-state index is 0.302. The molecule has 1 aliphatic heterocycles. The van der Waals surface area contributed by atoms with E-state index in [2.05, 4.69) is 0 Å². The van der Waals surface area contributed by atoms with Gasteiger partial charge in [-0.05, 0) is 36.6 Å². The lowest BCUT2D eigenvalue weighted by molar-refractivity contribution is -0.556. The van der Waals surface area contributed by atoms with Gasteiger partial charge in [0, 0.05) is 12.1 Å². The van der Waals surface area contributed by atoms with Crippen LogP contribution in [0.3, 0.4) is 0 Å². The monoisotopic (exact) mass is 269 g/mol. The van der Waals surface area contributed by atoms with Gasteiger partial charge in [-0.3, -0.25) is 0 Å². The van der Waals surface area contributed by atoms with E-state index in [0.717, 1.165) is 5.56 Å². The third kappa shape index (κ3) is 1.79. The van der Waals surface area contributed by atoms with Crippen LogP contribution in [-0.4, -0.2) is 0 Å². The lowest BCUT2D eigenvalue weighted by Gasteiger charge is -2.08. The zero-order chi connectivity index (χ0) is 14.3. The highest BCUT2D eigenvalue weighted by molar-refractivity contribution is 5.67. The average molecular weight is 269 g/mol. The van der Waals surface area contributed by atoms with Crippen LogP contribution in [0.4, 0.5) is 8.78 Å². The molecule has 0 saturated carbocycles. The van der Waals surface area contributed by atoms with Crippen LogP contribution in [0.5, 0.6) is 0 Å². The maximum atomic E-state index is 14.5. The quantitative estimate of drug-likeness (QED) is 0.675. The van der Waals surface area contributed by atoms with E-state index in [1.165, 1.54) is 6.07 Å². The van der Waals surface area contributed by atoms with E-state index in [1.54, 1.807) is 10.6 Å². The molecule has 2 heterocycles. The maximum Gasteiger partial charge on any atom is 0.221 e. The summed E-state index contributed by atoms with van der Waals surface area (Å²) in [6.45, 7) is 1.90. The molecule has 0 amide bonds. The molecule has 0 saturated heterocycles. The second kappa shape index (κ2) is 4.53. The summed E-state index contributed by atoms with van der Waals surface area (Å²) < 4.78 is 30.0. The molecule has 4 heteroatoms. The van der Waals surface area contributed by atoms with Crippen molar-refractivity contribution in [3.8, 4) is 17.3 Å². The molecule has 0 radical (unpaired) electrons. The fourth-order valence-electron chi connectivity index (χ4n) is 2.45. The van der Waals surface area contributed by atoms with Gasteiger partial charge in [0.1, 0.15) is 17.4 Å². The van der Waals surface area contributed by atoms with Crippen LogP contribution in [0.1, 0.15) is 16.7 Å². The highest BCUT2D eigenvalue weighted by Crippen LogP contribution is 2.31. The van der Waals surface area contributed by atoms with Crippen molar-refractivity contribution in [3.63, 3.8) is 0 Å². The van der Waals surface area contributed by atoms with Crippen molar-refractivity contribution >= 4 is 6.20 Å². The van der Waals surface area contributed by atoms with E-state index in [9.17, 15) is 8.78 Å². The number of aryl methyl sites for hydroxylation is 1. The van der Waals surface area contributed by atoms with Gasteiger partial charge in [-0.15, -0.1) is 0 Å². The normalized spacial score (nSPS) is 12.3. The Kier molecular flexibility index (Phi) is 2.83. The summed E-state index contributed by atoms with van der Waals surface area (Å²) in [5, 5.41) is 8.92. The van der Waals surface area contributed by atoms with Crippen molar-refractivity contribution in [2.75, 3.05) is 0 Å². The molecular formula is C16H11F2N2+. The van der Waals surface area contributed by atoms with E-state index < -0.39 is 17.2 Å². The molecule has 3 rings (SSSR count). The lowest BCUT2D eigenvalue weighted by atomic mass is 9.97. The second-order valence-corrected chi connectivity index (χ2v) is 4.78. The first kappa shape index (κ1) is 12.5. The molecule has 0 spiro atoms. The Bertz CT molecular complexity index is 786. The van der Waals surface area contributed by atoms with Gasteiger partial charge in [0.05, 0.1) is 5.56 Å². The van der Waals surface area contributed by atoms with Gasteiger partial charge in [0.25, 0.3) is 0 Å². The molecule has 2 aromatic rings. The predicted molar refractivity (Wildman–Crippen MR) is 70.5 cm³/mol. The number of allylic oxidation sites excluding steroid dienone is 1. The summed E-state index contributed by atoms with van der Waals surface area (Å²) in [6.07, 6.45) is 5.91. The van der Waals surface area contributed by atoms with Crippen molar-refractivity contribution in [2.45, 2.75) is 13.3 Å². The van der Waals surface area contributed by atoms with Crippen molar-refractivity contribution in [2.24, 2.45) is 0 Å². The molecule has 0 aliphatic carbocycles. The summed E-state index contributed by atoms with van der Waals surface area (Å²) in [5.41, 5.74) is 1.92. The smallest absolute Gasteiger partial charge is 0.205 e. The van der Waals surface area contributed by atoms with E-state index in [0.29, 0.717) is 23.2 Å². The molecule has 0 fully saturated rings. The van der Waals surface area contributed by atoms with Crippen molar-refractivity contribution in [1.82, 2.24) is 0 Å². The molecule has 0 unspecified atom stereocenters. The predicted octanol–water partition coefficient (Wildman–Crippen LogP) is 3.13. The lowest BCUT2D eigenvalue weighted by Crippen LogP contribution is -2.28. The van der Waals surface area contributed by atoms with Crippen molar-refractivity contribution in [1.29, 1.82) is 5.26 Å². The topological polar surface area (TPSA) is 27.7 Å². The molecule has 2 nitrogen and oxygen atoms in total. The van der Waals surface area contributed by atoms with Gasteiger partial charge in [-0.2, -0.15) is 9.83 Å². The molecule has 0 atom stereocenters. The number of halogens is 2. The average Bonchev–Trinajstić information content (AvgIpc) is 2.58. The third-order valence-electron chi connectivity index (χ3n) is 3.41. The molecular weight excluding hydrogens is 258 g/mol. The fourth-order valence-corrected chi connectivity index (χ4v) is 2.45. The van der Waals surface area contributed by atoms with E-state index in [4.69, 9.17) is 5.26 Å². The molecule has 98 valence electrons. The zero-order valence-electron chi connectivity index (χ0n) is 10.8. The van der Waals surface area contributed by atoms with Crippen LogP contribution >= 0.6 is 0 Å². The maximum absolute atomic E-state index is 14.5. The number of nitrogens with zero attached hydrogens (tertiary/aromatic N) is 2. The van der Waals surface area contributed by atoms with Crippen LogP contribution in [0.25, 0.3) is 17.5 Å². The Morgan fingerprint density at radius 1 is 1.30 bits per heavy atom. The highest BCUT2D eigenvalue weighted by Gasteiger charge is 2.26. The molecule has 1 aromatic heterocycles. The summed E-state index contributed by atoms with van der Waals surface area (Å²) in [7, 11) is 0. The fraction of sp³-hybridized carbons (Fsp3) is 0.125. The summed E-state index contributed by atoms with van der Waals surface area (Å²) >= 11 is 0. The number of hydrogen-bond acceptors (Lipinski definition) is 1. The van der Waals surface area contributed by atoms with E-state index in [-0.39, 0.29) is 0 Å². The molecule has 0 N–H and O–H groups in total. The Morgan fingerprint density at radius 2 is 2.10 bits per heavy atom. The Morgan fingerprint density at radius 3 is 2.85 bits per heavy atom. The standard InChI is InChI=1S/C16H11F2N2/c1-10-4-6-20-5-2-3-11-8-13(17)12(9-19)16(18)15(11)14(20)7-10/h2,4-8H,3H2,1H3/q+1. The number of pyridine rings is 1. The van der Waals surface area contributed by atoms with Gasteiger partial charge in [0.15, 0.2) is 18.2 Å². The van der Waals surface area contributed by atoms with E-state index >= 15 is 0 Å². The first-order valence-corrected chi connectivity index (χ1v) is 6.21. The number of nitriles is 1. The SMILES string of the molecule is Cc1cc[n+]2c(c1)-c1c(cc(F)c(C#N)c1F)CC=C2. The van der Waals surface area contributed by atoms with Gasteiger partial charge in [-0.1, -0.05) is 0 Å². The van der Waals surface area contributed by atoms with Crippen LogP contribution in [0.15, 0.2) is 30.5 Å². The Labute approximate surface area is 115 Å². The number of benzene rings is 1. The largest absolute Gasteiger partial charge is 0.221 e. The molecule has 1 aliphatic rings. The first-order valence-electron chi connectivity index (χ1n) is 6.21. The Hall–Kier alpha value is -2.54. The van der Waals surface area contributed by atoms with Gasteiger partial charge < -0.3 is 0 Å². The van der Waals surface area contributed by atoms with Crippen molar-refractivity contribution in [3.05, 3.63) is 58.8 Å². The molecule has 20 heavy (non-hydrogen) atoms. The number of hydrogen-bond donors (Lipinski definition) is 0. The first-order chi connectivity index (χ1) is 9.61. The van der Waals surface area contributed by atoms with E-state index in [1.807, 2.05) is 37.5 Å². The number of rotatable bonds is 0.